The molecule has 0 saturated carbocycles. The Morgan fingerprint density at radius 3 is 2.45 bits per heavy atom. The fourth-order valence-electron chi connectivity index (χ4n) is 4.06. The number of hydrogen-bond acceptors (Lipinski definition) is 4. The number of aromatic nitrogens is 2. The van der Waals surface area contributed by atoms with Crippen molar-refractivity contribution in [2.75, 3.05) is 17.2 Å². The number of fused-ring (bicyclic) bond motifs is 1. The molecule has 3 aromatic carbocycles. The summed E-state index contributed by atoms with van der Waals surface area (Å²) in [4.78, 5) is 7.54. The Bertz CT molecular complexity index is 1330. The highest BCUT2D eigenvalue weighted by molar-refractivity contribution is 5.83. The molecule has 1 unspecified atom stereocenters. The zero-order chi connectivity index (χ0) is 22.5. The van der Waals surface area contributed by atoms with Crippen LogP contribution >= 0.6 is 0 Å². The Morgan fingerprint density at radius 1 is 0.848 bits per heavy atom. The monoisotopic (exact) mass is 434 g/mol. The molecule has 5 aromatic rings. The summed E-state index contributed by atoms with van der Waals surface area (Å²) in [7, 11) is 0. The van der Waals surface area contributed by atoms with Gasteiger partial charge >= 0.3 is 0 Å². The fourth-order valence-corrected chi connectivity index (χ4v) is 4.06. The van der Waals surface area contributed by atoms with Crippen LogP contribution in [0.15, 0.2) is 104 Å². The molecule has 5 nitrogen and oxygen atoms in total. The number of aromatic amines is 1. The van der Waals surface area contributed by atoms with E-state index in [2.05, 4.69) is 57.1 Å². The second kappa shape index (κ2) is 9.59. The van der Waals surface area contributed by atoms with Crippen LogP contribution in [0.2, 0.25) is 0 Å². The van der Waals surface area contributed by atoms with Gasteiger partial charge in [-0.2, -0.15) is 0 Å². The van der Waals surface area contributed by atoms with Crippen LogP contribution in [0.5, 0.6) is 0 Å². The van der Waals surface area contributed by atoms with Crippen LogP contribution in [0.25, 0.3) is 10.9 Å². The molecule has 33 heavy (non-hydrogen) atoms. The van der Waals surface area contributed by atoms with Crippen molar-refractivity contribution in [2.45, 2.75) is 12.5 Å². The maximum atomic E-state index is 10.8. The Labute approximate surface area is 193 Å². The second-order valence-corrected chi connectivity index (χ2v) is 8.01. The molecule has 164 valence electrons. The molecule has 0 bridgehead atoms. The van der Waals surface area contributed by atoms with E-state index in [0.717, 1.165) is 41.2 Å². The number of nitrogens with one attached hydrogen (secondary N) is 3. The summed E-state index contributed by atoms with van der Waals surface area (Å²) >= 11 is 0. The Hall–Kier alpha value is -4.09. The number of rotatable bonds is 8. The standard InChI is InChI=1S/C28H26N4O/c33-28(20-6-2-1-3-7-20)25-19-29-16-15-27(25)32-23-12-10-22(11-13-23)30-17-14-21-18-31-26-9-5-4-8-24(21)26/h1-13,15-16,18-19,28,30-31,33H,14,17H2,(H,29,32). The third-order valence-corrected chi connectivity index (χ3v) is 5.82. The molecule has 0 aliphatic carbocycles. The first-order valence-electron chi connectivity index (χ1n) is 11.1. The minimum absolute atomic E-state index is 0.740. The van der Waals surface area contributed by atoms with Gasteiger partial charge in [0.05, 0.1) is 0 Å². The maximum Gasteiger partial charge on any atom is 0.108 e. The number of anilines is 3. The average molecular weight is 435 g/mol. The lowest BCUT2D eigenvalue weighted by Crippen LogP contribution is -2.05. The summed E-state index contributed by atoms with van der Waals surface area (Å²) in [5, 5.41) is 19.0. The normalized spacial score (nSPS) is 11.9. The SMILES string of the molecule is OC(c1ccccc1)c1cnccc1Nc1ccc(NCCc2c[nH]c3ccccc23)cc1. The van der Waals surface area contributed by atoms with Gasteiger partial charge in [-0.3, -0.25) is 4.98 Å². The van der Waals surface area contributed by atoms with Gasteiger partial charge in [-0.25, -0.2) is 0 Å². The predicted octanol–water partition coefficient (Wildman–Crippen LogP) is 6.04. The smallest absolute Gasteiger partial charge is 0.108 e. The highest BCUT2D eigenvalue weighted by atomic mass is 16.3. The first kappa shape index (κ1) is 20.8. The van der Waals surface area contributed by atoms with Crippen LogP contribution in [0.4, 0.5) is 17.1 Å². The van der Waals surface area contributed by atoms with Crippen LogP contribution in [-0.2, 0) is 6.42 Å². The first-order chi connectivity index (χ1) is 16.3. The minimum atomic E-state index is -0.743. The maximum absolute atomic E-state index is 10.8. The zero-order valence-corrected chi connectivity index (χ0v) is 18.2. The van der Waals surface area contributed by atoms with Crippen molar-refractivity contribution in [1.29, 1.82) is 0 Å². The van der Waals surface area contributed by atoms with Crippen LogP contribution in [0, 0.1) is 0 Å². The molecule has 5 rings (SSSR count). The van der Waals surface area contributed by atoms with E-state index in [4.69, 9.17) is 0 Å². The summed E-state index contributed by atoms with van der Waals surface area (Å²) < 4.78 is 0. The Morgan fingerprint density at radius 2 is 1.61 bits per heavy atom. The van der Waals surface area contributed by atoms with E-state index in [1.165, 1.54) is 16.5 Å². The van der Waals surface area contributed by atoms with Gasteiger partial charge in [-0.1, -0.05) is 48.5 Å². The molecule has 0 fully saturated rings. The number of H-pyrrole nitrogens is 1. The van der Waals surface area contributed by atoms with Gasteiger partial charge in [0.2, 0.25) is 0 Å². The largest absolute Gasteiger partial charge is 0.385 e. The Balaban J connectivity index is 1.22. The summed E-state index contributed by atoms with van der Waals surface area (Å²) in [5.41, 5.74) is 6.92. The molecule has 0 radical (unpaired) electrons. The molecule has 5 heteroatoms. The molecule has 0 aliphatic heterocycles. The van der Waals surface area contributed by atoms with E-state index in [1.807, 2.05) is 54.6 Å². The van der Waals surface area contributed by atoms with Crippen molar-refractivity contribution < 1.29 is 5.11 Å². The van der Waals surface area contributed by atoms with Crippen LogP contribution in [0.3, 0.4) is 0 Å². The van der Waals surface area contributed by atoms with Crippen LogP contribution < -0.4 is 10.6 Å². The first-order valence-corrected chi connectivity index (χ1v) is 11.1. The van der Waals surface area contributed by atoms with Gasteiger partial charge in [-0.05, 0) is 53.9 Å². The molecule has 0 aliphatic rings. The van der Waals surface area contributed by atoms with Gasteiger partial charge in [0.15, 0.2) is 0 Å². The summed E-state index contributed by atoms with van der Waals surface area (Å²) in [6.45, 7) is 0.854. The second-order valence-electron chi connectivity index (χ2n) is 8.01. The molecular formula is C28H26N4O. The lowest BCUT2D eigenvalue weighted by atomic mass is 10.0. The van der Waals surface area contributed by atoms with E-state index in [1.54, 1.807) is 12.4 Å². The molecule has 1 atom stereocenters. The topological polar surface area (TPSA) is 73.0 Å². The highest BCUT2D eigenvalue weighted by Gasteiger charge is 2.15. The summed E-state index contributed by atoms with van der Waals surface area (Å²) in [5.74, 6) is 0. The van der Waals surface area contributed by atoms with Gasteiger partial charge in [0.1, 0.15) is 6.10 Å². The third kappa shape index (κ3) is 4.73. The van der Waals surface area contributed by atoms with Crippen molar-refractivity contribution in [1.82, 2.24) is 9.97 Å². The lowest BCUT2D eigenvalue weighted by molar-refractivity contribution is 0.220. The number of aliphatic hydroxyl groups excluding tert-OH is 1. The molecule has 4 N–H and O–H groups in total. The van der Waals surface area contributed by atoms with Crippen molar-refractivity contribution in [2.24, 2.45) is 0 Å². The molecule has 2 aromatic heterocycles. The number of para-hydroxylation sites is 1. The third-order valence-electron chi connectivity index (χ3n) is 5.82. The van der Waals surface area contributed by atoms with Crippen LogP contribution in [-0.4, -0.2) is 21.6 Å². The quantitative estimate of drug-likeness (QED) is 0.240. The van der Waals surface area contributed by atoms with E-state index in [-0.39, 0.29) is 0 Å². The molecule has 2 heterocycles. The van der Waals surface area contributed by atoms with Crippen molar-refractivity contribution in [3.05, 3.63) is 120 Å². The van der Waals surface area contributed by atoms with Gasteiger partial charge < -0.3 is 20.7 Å². The fraction of sp³-hybridized carbons (Fsp3) is 0.107. The van der Waals surface area contributed by atoms with Crippen molar-refractivity contribution in [3.63, 3.8) is 0 Å². The number of aliphatic hydroxyl groups is 1. The van der Waals surface area contributed by atoms with Crippen LogP contribution in [0.1, 0.15) is 22.8 Å². The van der Waals surface area contributed by atoms with Gasteiger partial charge in [0, 0.05) is 58.7 Å². The Kier molecular flexibility index (Phi) is 6.04. The number of nitrogens with zero attached hydrogens (tertiary/aromatic N) is 1. The van der Waals surface area contributed by atoms with Gasteiger partial charge in [-0.15, -0.1) is 0 Å². The van der Waals surface area contributed by atoms with E-state index in [9.17, 15) is 5.11 Å². The minimum Gasteiger partial charge on any atom is -0.385 e. The number of benzene rings is 3. The van der Waals surface area contributed by atoms with Crippen molar-refractivity contribution in [3.8, 4) is 0 Å². The lowest BCUT2D eigenvalue weighted by Gasteiger charge is -2.17. The van der Waals surface area contributed by atoms with E-state index in [0.29, 0.717) is 0 Å². The van der Waals surface area contributed by atoms with E-state index < -0.39 is 6.10 Å². The molecule has 0 amide bonds. The zero-order valence-electron chi connectivity index (χ0n) is 18.2. The molecule has 0 saturated heterocycles. The van der Waals surface area contributed by atoms with E-state index >= 15 is 0 Å². The number of hydrogen-bond donors (Lipinski definition) is 4. The highest BCUT2D eigenvalue weighted by Crippen LogP contribution is 2.30. The summed E-state index contributed by atoms with van der Waals surface area (Å²) in [6, 6.07) is 28.1. The molecular weight excluding hydrogens is 408 g/mol. The number of pyridine rings is 1. The van der Waals surface area contributed by atoms with Gasteiger partial charge in [0.25, 0.3) is 0 Å². The van der Waals surface area contributed by atoms with Crippen molar-refractivity contribution >= 4 is 28.0 Å². The molecule has 0 spiro atoms. The summed E-state index contributed by atoms with van der Waals surface area (Å²) in [6.07, 6.45) is 5.73. The average Bonchev–Trinajstić information content (AvgIpc) is 3.29. The predicted molar refractivity (Wildman–Crippen MR) is 135 cm³/mol.